The zero-order valence-electron chi connectivity index (χ0n) is 24.8. The van der Waals surface area contributed by atoms with E-state index in [9.17, 15) is 24.5 Å². The molecule has 1 aliphatic rings. The molecule has 0 saturated carbocycles. The van der Waals surface area contributed by atoms with Crippen LogP contribution in [-0.2, 0) is 10.3 Å². The van der Waals surface area contributed by atoms with Crippen molar-refractivity contribution in [1.29, 1.82) is 0 Å². The van der Waals surface area contributed by atoms with Gasteiger partial charge in [0.25, 0.3) is 17.5 Å². The van der Waals surface area contributed by atoms with Crippen molar-refractivity contribution in [1.82, 2.24) is 20.0 Å². The molecule has 2 N–H and O–H groups in total. The predicted octanol–water partition coefficient (Wildman–Crippen LogP) is 4.68. The van der Waals surface area contributed by atoms with E-state index in [0.717, 1.165) is 34.7 Å². The summed E-state index contributed by atoms with van der Waals surface area (Å²) in [6.45, 7) is 8.53. The Morgan fingerprint density at radius 3 is 2.41 bits per heavy atom. The maximum Gasteiger partial charge on any atom is 0.436 e. The average molecular weight is 620 g/mol. The Bertz CT molecular complexity index is 1720. The number of amides is 2. The number of nitrogens with one attached hydrogen (secondary N) is 2. The Hall–Kier alpha value is -4.82. The zero-order valence-corrected chi connectivity index (χ0v) is 25.6. The van der Waals surface area contributed by atoms with E-state index in [-0.39, 0.29) is 39.3 Å². The van der Waals surface area contributed by atoms with Crippen molar-refractivity contribution in [2.24, 2.45) is 0 Å². The lowest BCUT2D eigenvalue weighted by Gasteiger charge is -2.34. The van der Waals surface area contributed by atoms with Crippen molar-refractivity contribution >= 4 is 56.7 Å². The summed E-state index contributed by atoms with van der Waals surface area (Å²) in [6.07, 6.45) is -0.793. The van der Waals surface area contributed by atoms with Gasteiger partial charge in [-0.25, -0.2) is 4.79 Å². The molecule has 2 amide bonds. The highest BCUT2D eigenvalue weighted by Gasteiger charge is 2.29. The molecule has 4 aromatic rings. The van der Waals surface area contributed by atoms with Crippen molar-refractivity contribution in [3.63, 3.8) is 0 Å². The number of ether oxygens (including phenoxy) is 1. The number of piperazine rings is 1. The normalized spacial score (nSPS) is 14.0. The summed E-state index contributed by atoms with van der Waals surface area (Å²) in [5.74, 6) is -1.20. The number of aromatic nitrogens is 2. The number of rotatable bonds is 8. The van der Waals surface area contributed by atoms with E-state index in [1.165, 1.54) is 18.2 Å². The molecule has 5 rings (SSSR count). The van der Waals surface area contributed by atoms with Crippen molar-refractivity contribution in [2.45, 2.75) is 26.3 Å². The van der Waals surface area contributed by atoms with Crippen LogP contribution in [0.2, 0.25) is 0 Å². The largest absolute Gasteiger partial charge is 0.448 e. The van der Waals surface area contributed by atoms with Crippen molar-refractivity contribution in [3.05, 3.63) is 80.7 Å². The van der Waals surface area contributed by atoms with E-state index in [0.29, 0.717) is 24.2 Å². The van der Waals surface area contributed by atoms with Crippen LogP contribution in [0.15, 0.2) is 54.6 Å². The first-order valence-corrected chi connectivity index (χ1v) is 14.9. The van der Waals surface area contributed by atoms with Gasteiger partial charge in [0.05, 0.1) is 27.3 Å². The molecule has 0 aliphatic carbocycles. The van der Waals surface area contributed by atoms with Crippen molar-refractivity contribution in [3.8, 4) is 0 Å². The fourth-order valence-corrected chi connectivity index (χ4v) is 5.99. The van der Waals surface area contributed by atoms with Crippen LogP contribution in [0.4, 0.5) is 22.0 Å². The van der Waals surface area contributed by atoms with E-state index in [1.807, 2.05) is 56.1 Å². The highest BCUT2D eigenvalue weighted by molar-refractivity contribution is 7.20. The molecule has 44 heavy (non-hydrogen) atoms. The van der Waals surface area contributed by atoms with Crippen LogP contribution in [-0.4, -0.2) is 77.3 Å². The maximum absolute atomic E-state index is 13.4. The number of carbonyl (C=O) groups is 3. The minimum atomic E-state index is -0.793. The molecular formula is C30H33N7O6S. The molecule has 0 bridgehead atoms. The second-order valence-corrected chi connectivity index (χ2v) is 12.0. The number of nitro groups is 1. The Kier molecular flexibility index (Phi) is 8.65. The summed E-state index contributed by atoms with van der Waals surface area (Å²) >= 11 is 1.01. The molecule has 13 nitrogen and oxygen atoms in total. The van der Waals surface area contributed by atoms with Gasteiger partial charge in [0.2, 0.25) is 0 Å². The molecule has 0 spiro atoms. The van der Waals surface area contributed by atoms with Gasteiger partial charge in [0.15, 0.2) is 5.82 Å². The quantitative estimate of drug-likeness (QED) is 0.212. The van der Waals surface area contributed by atoms with Crippen LogP contribution in [0.1, 0.15) is 46.4 Å². The van der Waals surface area contributed by atoms with Crippen LogP contribution in [0.25, 0.3) is 10.2 Å². The Balaban J connectivity index is 1.45. The highest BCUT2D eigenvalue weighted by Crippen LogP contribution is 2.34. The van der Waals surface area contributed by atoms with Crippen molar-refractivity contribution in [2.75, 3.05) is 50.1 Å². The molecule has 1 aliphatic heterocycles. The van der Waals surface area contributed by atoms with Gasteiger partial charge in [0.1, 0.15) is 10.4 Å². The number of hydrogen-bond donors (Lipinski definition) is 2. The average Bonchev–Trinajstić information content (AvgIpc) is 3.58. The van der Waals surface area contributed by atoms with Crippen LogP contribution in [0.3, 0.4) is 0 Å². The fourth-order valence-electron chi connectivity index (χ4n) is 4.99. The van der Waals surface area contributed by atoms with E-state index < -0.39 is 22.5 Å². The first-order chi connectivity index (χ1) is 21.0. The molecule has 14 heteroatoms. The minimum Gasteiger partial charge on any atom is -0.448 e. The SMILES string of the molecule is CCOC(=O)n1nc(NC(=O)c2ccc(N3CCN(C)CC3)cc2[N+](=O)[O-])c2cc(C(=O)NC(C)(C)c3ccccc3)sc21. The Morgan fingerprint density at radius 1 is 1.05 bits per heavy atom. The highest BCUT2D eigenvalue weighted by atomic mass is 32.1. The summed E-state index contributed by atoms with van der Waals surface area (Å²) < 4.78 is 6.11. The van der Waals surface area contributed by atoms with Gasteiger partial charge in [-0.2, -0.15) is 4.68 Å². The number of thiophene rings is 1. The lowest BCUT2D eigenvalue weighted by molar-refractivity contribution is -0.385. The third-order valence-electron chi connectivity index (χ3n) is 7.47. The van der Waals surface area contributed by atoms with E-state index >= 15 is 0 Å². The first-order valence-electron chi connectivity index (χ1n) is 14.1. The molecule has 0 atom stereocenters. The topological polar surface area (TPSA) is 152 Å². The van der Waals surface area contributed by atoms with Gasteiger partial charge in [-0.1, -0.05) is 30.3 Å². The molecule has 1 saturated heterocycles. The molecular weight excluding hydrogens is 586 g/mol. The van der Waals surface area contributed by atoms with Crippen LogP contribution < -0.4 is 15.5 Å². The number of nitrogens with zero attached hydrogens (tertiary/aromatic N) is 5. The summed E-state index contributed by atoms with van der Waals surface area (Å²) in [5.41, 5.74) is 0.342. The zero-order chi connectivity index (χ0) is 31.6. The standard InChI is InChI=1S/C30H33N7O6S/c1-5-43-29(40)36-28-22(18-24(44-28)27(39)32-30(2,3)19-9-7-6-8-10-19)25(33-36)31-26(38)21-12-11-20(17-23(21)37(41)42)35-15-13-34(4)14-16-35/h6-12,17-18H,5,13-16H2,1-4H3,(H,32,39)(H,31,33,38). The molecule has 2 aromatic carbocycles. The van der Waals surface area contributed by atoms with E-state index in [1.54, 1.807) is 13.0 Å². The second-order valence-electron chi connectivity index (χ2n) is 10.9. The minimum absolute atomic E-state index is 0.0342. The van der Waals surface area contributed by atoms with Gasteiger partial charge in [-0.15, -0.1) is 16.4 Å². The number of fused-ring (bicyclic) bond motifs is 1. The number of likely N-dealkylation sites (N-methyl/N-ethyl adjacent to an activating group) is 1. The second kappa shape index (κ2) is 12.4. The van der Waals surface area contributed by atoms with E-state index in [4.69, 9.17) is 4.74 Å². The van der Waals surface area contributed by atoms with Crippen LogP contribution in [0.5, 0.6) is 0 Å². The van der Waals surface area contributed by atoms with Gasteiger partial charge in [-0.05, 0) is 51.6 Å². The van der Waals surface area contributed by atoms with Gasteiger partial charge in [0, 0.05) is 37.9 Å². The number of hydrogen-bond acceptors (Lipinski definition) is 10. The third kappa shape index (κ3) is 6.26. The Morgan fingerprint density at radius 2 is 1.75 bits per heavy atom. The van der Waals surface area contributed by atoms with Crippen LogP contribution in [0, 0.1) is 10.1 Å². The summed E-state index contributed by atoms with van der Waals surface area (Å²) in [5, 5.41) is 22.2. The molecule has 0 radical (unpaired) electrons. The van der Waals surface area contributed by atoms with Crippen molar-refractivity contribution < 1.29 is 24.0 Å². The third-order valence-corrected chi connectivity index (χ3v) is 8.58. The summed E-state index contributed by atoms with van der Waals surface area (Å²) in [7, 11) is 2.02. The number of anilines is 2. The van der Waals surface area contributed by atoms with Crippen LogP contribution >= 0.6 is 11.3 Å². The maximum atomic E-state index is 13.4. The molecule has 0 unspecified atom stereocenters. The lowest BCUT2D eigenvalue weighted by atomic mass is 9.94. The molecule has 3 heterocycles. The summed E-state index contributed by atoms with van der Waals surface area (Å²) in [4.78, 5) is 55.7. The molecule has 1 fully saturated rings. The lowest BCUT2D eigenvalue weighted by Crippen LogP contribution is -2.44. The first kappa shape index (κ1) is 30.6. The number of carbonyl (C=O) groups excluding carboxylic acids is 3. The monoisotopic (exact) mass is 619 g/mol. The Labute approximate surface area is 257 Å². The van der Waals surface area contributed by atoms with Gasteiger partial charge >= 0.3 is 6.09 Å². The van der Waals surface area contributed by atoms with Gasteiger partial charge in [-0.3, -0.25) is 19.7 Å². The smallest absolute Gasteiger partial charge is 0.436 e. The van der Waals surface area contributed by atoms with Gasteiger partial charge < -0.3 is 25.2 Å². The fraction of sp³-hybridized carbons (Fsp3) is 0.333. The molecule has 230 valence electrons. The predicted molar refractivity (Wildman–Crippen MR) is 168 cm³/mol. The molecule has 2 aromatic heterocycles. The number of benzene rings is 2. The number of nitro benzene ring substituents is 1. The summed E-state index contributed by atoms with van der Waals surface area (Å²) in [6, 6.07) is 15.5. The van der Waals surface area contributed by atoms with E-state index in [2.05, 4.69) is 20.6 Å².